The number of fused-ring (bicyclic) bond motifs is 1. The number of carboxylic acid groups (broad SMARTS) is 1. The normalized spacial score (nSPS) is 25.7. The van der Waals surface area contributed by atoms with Crippen LogP contribution in [0, 0.1) is 5.92 Å². The highest BCUT2D eigenvalue weighted by Gasteiger charge is 2.36. The number of amides is 1. The van der Waals surface area contributed by atoms with Crippen LogP contribution in [-0.4, -0.2) is 66.7 Å². The summed E-state index contributed by atoms with van der Waals surface area (Å²) in [7, 11) is -2.81. The zero-order valence-electron chi connectivity index (χ0n) is 18.6. The van der Waals surface area contributed by atoms with Gasteiger partial charge in [0.25, 0.3) is 0 Å². The molecule has 0 bridgehead atoms. The number of aromatic nitrogens is 2. The van der Waals surface area contributed by atoms with E-state index in [-0.39, 0.29) is 31.1 Å². The number of ether oxygens (including phenoxy) is 2. The van der Waals surface area contributed by atoms with Crippen LogP contribution >= 0.6 is 11.6 Å². The fraction of sp³-hybridized carbons (Fsp3) is 0.476. The van der Waals surface area contributed by atoms with Crippen molar-refractivity contribution >= 4 is 33.8 Å². The summed E-state index contributed by atoms with van der Waals surface area (Å²) in [5, 5.41) is 22.8. The summed E-state index contributed by atoms with van der Waals surface area (Å²) >= 11 is 6.13. The number of halogens is 1. The van der Waals surface area contributed by atoms with Crippen LogP contribution in [0.25, 0.3) is 0 Å². The van der Waals surface area contributed by atoms with E-state index < -0.39 is 34.5 Å². The van der Waals surface area contributed by atoms with Gasteiger partial charge in [-0.25, -0.2) is 14.8 Å². The minimum Gasteiger partial charge on any atom is -0.474 e. The number of hydrogen-bond donors (Lipinski definition) is 4. The third-order valence-electron chi connectivity index (χ3n) is 6.03. The van der Waals surface area contributed by atoms with Gasteiger partial charge in [0.2, 0.25) is 5.88 Å². The molecule has 0 saturated heterocycles. The number of methoxy groups -OCH3 is 1. The molecular formula is C21H25ClN4O8S. The molecule has 14 heteroatoms. The van der Waals surface area contributed by atoms with Crippen LogP contribution in [-0.2, 0) is 25.6 Å². The van der Waals surface area contributed by atoms with Crippen molar-refractivity contribution in [3.8, 4) is 5.88 Å². The molecule has 0 unspecified atom stereocenters. The van der Waals surface area contributed by atoms with Crippen molar-refractivity contribution in [2.24, 2.45) is 5.92 Å². The minimum atomic E-state index is -4.46. The van der Waals surface area contributed by atoms with Crippen LogP contribution in [0.2, 0.25) is 5.02 Å². The zero-order chi connectivity index (χ0) is 25.2. The topological polar surface area (TPSA) is 169 Å². The lowest BCUT2D eigenvalue weighted by molar-refractivity contribution is 0.0958. The third kappa shape index (κ3) is 6.30. The van der Waals surface area contributed by atoms with Gasteiger partial charge in [0.1, 0.15) is 18.2 Å². The molecule has 5 atom stereocenters. The largest absolute Gasteiger partial charge is 0.474 e. The number of nitrogens with zero attached hydrogens (tertiary/aromatic N) is 2. The van der Waals surface area contributed by atoms with E-state index in [1.807, 2.05) is 18.2 Å². The number of benzene rings is 1. The van der Waals surface area contributed by atoms with Gasteiger partial charge in [-0.3, -0.25) is 4.18 Å². The summed E-state index contributed by atoms with van der Waals surface area (Å²) in [6, 6.07) is 7.20. The first-order valence-corrected chi connectivity index (χ1v) is 12.6. The van der Waals surface area contributed by atoms with Gasteiger partial charge in [-0.2, -0.15) is 13.1 Å². The first-order valence-electron chi connectivity index (χ1n) is 10.8. The summed E-state index contributed by atoms with van der Waals surface area (Å²) in [5.74, 6) is 0.243. The van der Waals surface area contributed by atoms with Crippen molar-refractivity contribution in [3.63, 3.8) is 0 Å². The standard InChI is InChI=1S/C21H25ClN4O8S/c1-32-17-6-11-4-13(22)2-3-15(11)20(17)25-18-8-19(24-10-23-18)34-14-5-12(16(27)7-14)9-33-35(30,31)26-21(28)29/h2-4,8,10,12,14,16-17,20,26-27H,5-7,9H2,1H3,(H,28,29)(H,23,24,25)/t12-,14+,16+,17+,20+/m0/s1. The predicted octanol–water partition coefficient (Wildman–Crippen LogP) is 1.90. The van der Waals surface area contributed by atoms with Crippen molar-refractivity contribution in [2.75, 3.05) is 19.0 Å². The van der Waals surface area contributed by atoms with Gasteiger partial charge < -0.3 is 25.0 Å². The van der Waals surface area contributed by atoms with Gasteiger partial charge in [0, 0.05) is 37.0 Å². The van der Waals surface area contributed by atoms with Crippen molar-refractivity contribution in [1.29, 1.82) is 0 Å². The predicted molar refractivity (Wildman–Crippen MR) is 124 cm³/mol. The average molecular weight is 529 g/mol. The molecule has 0 aliphatic heterocycles. The highest BCUT2D eigenvalue weighted by Crippen LogP contribution is 2.37. The summed E-state index contributed by atoms with van der Waals surface area (Å²) in [6.07, 6.45) is -0.614. The first kappa shape index (κ1) is 25.4. The maximum atomic E-state index is 11.5. The van der Waals surface area contributed by atoms with Gasteiger partial charge >= 0.3 is 16.4 Å². The first-order chi connectivity index (χ1) is 16.6. The molecule has 0 spiro atoms. The summed E-state index contributed by atoms with van der Waals surface area (Å²) in [5.41, 5.74) is 2.16. The zero-order valence-corrected chi connectivity index (χ0v) is 20.2. The molecule has 4 rings (SSSR count). The number of hydrogen-bond acceptors (Lipinski definition) is 10. The quantitative estimate of drug-likeness (QED) is 0.375. The number of aliphatic hydroxyl groups excluding tert-OH is 1. The van der Waals surface area contributed by atoms with Crippen LogP contribution in [0.5, 0.6) is 5.88 Å². The molecule has 1 aromatic carbocycles. The van der Waals surface area contributed by atoms with Crippen molar-refractivity contribution in [3.05, 3.63) is 46.7 Å². The van der Waals surface area contributed by atoms with Gasteiger partial charge in [-0.1, -0.05) is 17.7 Å². The lowest BCUT2D eigenvalue weighted by Gasteiger charge is -2.21. The summed E-state index contributed by atoms with van der Waals surface area (Å²) in [6.45, 7) is -0.385. The number of carbonyl (C=O) groups is 1. The molecule has 1 saturated carbocycles. The molecule has 2 aliphatic rings. The van der Waals surface area contributed by atoms with E-state index in [0.29, 0.717) is 23.7 Å². The Morgan fingerprint density at radius 2 is 2.06 bits per heavy atom. The third-order valence-corrected chi connectivity index (χ3v) is 7.14. The number of nitrogens with one attached hydrogen (secondary N) is 2. The second-order valence-corrected chi connectivity index (χ2v) is 10.2. The smallest absolute Gasteiger partial charge is 0.420 e. The minimum absolute atomic E-state index is 0.111. The Balaban J connectivity index is 1.37. The summed E-state index contributed by atoms with van der Waals surface area (Å²) < 4.78 is 40.5. The lowest BCUT2D eigenvalue weighted by Crippen LogP contribution is -2.32. The van der Waals surface area contributed by atoms with Crippen LogP contribution in [0.15, 0.2) is 30.6 Å². The maximum absolute atomic E-state index is 11.5. The van der Waals surface area contributed by atoms with E-state index in [9.17, 15) is 18.3 Å². The van der Waals surface area contributed by atoms with Crippen molar-refractivity contribution < 1.29 is 37.1 Å². The van der Waals surface area contributed by atoms with Crippen LogP contribution in [0.3, 0.4) is 0 Å². The molecule has 1 heterocycles. The SMILES string of the molecule is CO[C@@H]1Cc2cc(Cl)ccc2[C@H]1Nc1cc(O[C@@H]2C[C@@H](COS(=O)(=O)NC(=O)O)[C@H](O)C2)ncn1. The monoisotopic (exact) mass is 528 g/mol. The van der Waals surface area contributed by atoms with E-state index >= 15 is 0 Å². The van der Waals surface area contributed by atoms with Gasteiger partial charge in [-0.05, 0) is 29.7 Å². The van der Waals surface area contributed by atoms with E-state index in [1.165, 1.54) is 11.0 Å². The fourth-order valence-electron chi connectivity index (χ4n) is 4.43. The Labute approximate surface area is 206 Å². The molecule has 2 aromatic rings. The number of anilines is 1. The fourth-order valence-corrected chi connectivity index (χ4v) is 5.26. The lowest BCUT2D eigenvalue weighted by atomic mass is 10.1. The Hall–Kier alpha value is -2.71. The Morgan fingerprint density at radius 3 is 2.80 bits per heavy atom. The second-order valence-electron chi connectivity index (χ2n) is 8.37. The van der Waals surface area contributed by atoms with Crippen molar-refractivity contribution in [1.82, 2.24) is 14.7 Å². The molecule has 4 N–H and O–H groups in total. The molecule has 35 heavy (non-hydrogen) atoms. The van der Waals surface area contributed by atoms with Crippen LogP contribution < -0.4 is 14.8 Å². The molecular weight excluding hydrogens is 504 g/mol. The number of rotatable bonds is 9. The highest BCUT2D eigenvalue weighted by atomic mass is 35.5. The van der Waals surface area contributed by atoms with Gasteiger partial charge in [-0.15, -0.1) is 0 Å². The van der Waals surface area contributed by atoms with E-state index in [1.54, 1.807) is 13.2 Å². The maximum Gasteiger partial charge on any atom is 0.420 e. The van der Waals surface area contributed by atoms with Gasteiger partial charge in [0.15, 0.2) is 0 Å². The van der Waals surface area contributed by atoms with Crippen LogP contribution in [0.1, 0.15) is 30.0 Å². The van der Waals surface area contributed by atoms with E-state index in [2.05, 4.69) is 19.5 Å². The average Bonchev–Trinajstić information content (AvgIpc) is 3.30. The van der Waals surface area contributed by atoms with E-state index in [4.69, 9.17) is 26.2 Å². The van der Waals surface area contributed by atoms with E-state index in [0.717, 1.165) is 11.1 Å². The highest BCUT2D eigenvalue weighted by molar-refractivity contribution is 7.85. The summed E-state index contributed by atoms with van der Waals surface area (Å²) in [4.78, 5) is 18.9. The Morgan fingerprint density at radius 1 is 1.26 bits per heavy atom. The van der Waals surface area contributed by atoms with Crippen molar-refractivity contribution in [2.45, 2.75) is 43.6 Å². The molecule has 1 aromatic heterocycles. The van der Waals surface area contributed by atoms with Crippen LogP contribution in [0.4, 0.5) is 10.6 Å². The molecule has 1 fully saturated rings. The molecule has 12 nitrogen and oxygen atoms in total. The Bertz CT molecular complexity index is 1180. The molecule has 0 radical (unpaired) electrons. The second kappa shape index (κ2) is 10.5. The number of aliphatic hydroxyl groups is 1. The Kier molecular flexibility index (Phi) is 7.62. The molecule has 1 amide bonds. The molecule has 2 aliphatic carbocycles. The molecule has 190 valence electrons. The van der Waals surface area contributed by atoms with Gasteiger partial charge in [0.05, 0.1) is 24.9 Å².